The van der Waals surface area contributed by atoms with Gasteiger partial charge in [0.15, 0.2) is 0 Å². The molecule has 0 aromatic carbocycles. The molecule has 0 spiro atoms. The van der Waals surface area contributed by atoms with Crippen LogP contribution in [0.3, 0.4) is 0 Å². The smallest absolute Gasteiger partial charge is 0.330 e. The van der Waals surface area contributed by atoms with Crippen molar-refractivity contribution in [1.82, 2.24) is 4.90 Å². The lowest BCUT2D eigenvalue weighted by atomic mass is 10.0. The summed E-state index contributed by atoms with van der Waals surface area (Å²) in [4.78, 5) is 48.1. The number of thiophene rings is 3. The highest BCUT2D eigenvalue weighted by molar-refractivity contribution is 7.32. The lowest BCUT2D eigenvalue weighted by Gasteiger charge is -2.35. The highest BCUT2D eigenvalue weighted by Crippen LogP contribution is 2.50. The standard InChI is InChI=1S/C43H61NO4S3Si/c1-8-13-21-31(10-3)27-52(28-32(11-4)22-14-9-2)34-25-29(6)49-40(34)41-35(52)26-33(51-41)39-38-37(30(7)50-39)42(46)44(43(38)47)23-19-17-15-16-18-20-24-48-36(45)12-5/h12,25-26,31-32H,5,8-11,13-24,27-28H2,1-4,6-7H3. The molecule has 2 aliphatic heterocycles. The van der Waals surface area contributed by atoms with Gasteiger partial charge in [-0.05, 0) is 73.1 Å². The third kappa shape index (κ3) is 8.63. The molecule has 284 valence electrons. The first-order chi connectivity index (χ1) is 25.1. The van der Waals surface area contributed by atoms with E-state index in [2.05, 4.69) is 53.3 Å². The van der Waals surface area contributed by atoms with Crippen LogP contribution < -0.4 is 10.4 Å². The van der Waals surface area contributed by atoms with Gasteiger partial charge >= 0.3 is 5.97 Å². The zero-order valence-electron chi connectivity index (χ0n) is 32.6. The molecule has 9 heteroatoms. The van der Waals surface area contributed by atoms with Gasteiger partial charge in [-0.1, -0.05) is 111 Å². The van der Waals surface area contributed by atoms with Gasteiger partial charge in [0, 0.05) is 37.0 Å². The number of aryl methyl sites for hydroxylation is 2. The first-order valence-electron chi connectivity index (χ1n) is 20.2. The van der Waals surface area contributed by atoms with Gasteiger partial charge in [0.05, 0.1) is 22.6 Å². The summed E-state index contributed by atoms with van der Waals surface area (Å²) in [5.41, 5.74) is 1.29. The van der Waals surface area contributed by atoms with Gasteiger partial charge in [0.2, 0.25) is 0 Å². The SMILES string of the molecule is C=CC(=O)OCCCCCCCCN1C(=O)c2c(C)sc(-c3cc4c(s3)-c3sc(C)cc3[Si]4(CC(CC)CCCC)CC(CC)CCCC)c2C1=O. The monoisotopic (exact) mass is 779 g/mol. The molecule has 0 radical (unpaired) electrons. The molecule has 2 amide bonds. The second kappa shape index (κ2) is 18.8. The number of imide groups is 1. The number of esters is 1. The van der Waals surface area contributed by atoms with Crippen molar-refractivity contribution in [3.8, 4) is 19.5 Å². The second-order valence-corrected chi connectivity index (χ2v) is 22.9. The summed E-state index contributed by atoms with van der Waals surface area (Å²) >= 11 is 5.53. The number of rotatable bonds is 23. The summed E-state index contributed by atoms with van der Waals surface area (Å²) in [5.74, 6) is 0.879. The van der Waals surface area contributed by atoms with E-state index in [1.807, 2.05) is 29.6 Å². The zero-order valence-corrected chi connectivity index (χ0v) is 36.1. The van der Waals surface area contributed by atoms with E-state index in [9.17, 15) is 14.4 Å². The Labute approximate surface area is 326 Å². The third-order valence-electron chi connectivity index (χ3n) is 11.6. The quantitative estimate of drug-likeness (QED) is 0.0316. The fourth-order valence-electron chi connectivity index (χ4n) is 8.66. The van der Waals surface area contributed by atoms with Crippen LogP contribution in [0.25, 0.3) is 19.5 Å². The Morgan fingerprint density at radius 3 is 1.96 bits per heavy atom. The summed E-state index contributed by atoms with van der Waals surface area (Å²) in [6.45, 7) is 18.1. The van der Waals surface area contributed by atoms with E-state index in [4.69, 9.17) is 4.74 Å². The molecular weight excluding hydrogens is 719 g/mol. The van der Waals surface area contributed by atoms with Gasteiger partial charge in [-0.3, -0.25) is 14.5 Å². The van der Waals surface area contributed by atoms with Crippen LogP contribution in [0.5, 0.6) is 0 Å². The molecule has 52 heavy (non-hydrogen) atoms. The Bertz CT molecular complexity index is 1700. The van der Waals surface area contributed by atoms with E-state index >= 15 is 0 Å². The molecule has 0 N–H and O–H groups in total. The van der Waals surface area contributed by atoms with Crippen LogP contribution in [0.4, 0.5) is 0 Å². The Kier molecular flexibility index (Phi) is 14.8. The minimum atomic E-state index is -2.10. The van der Waals surface area contributed by atoms with Crippen molar-refractivity contribution in [2.45, 2.75) is 144 Å². The summed E-state index contributed by atoms with van der Waals surface area (Å²) in [5, 5.41) is 3.33. The van der Waals surface area contributed by atoms with E-state index in [1.54, 1.807) is 21.7 Å². The molecule has 2 aliphatic rings. The summed E-state index contributed by atoms with van der Waals surface area (Å²) < 4.78 is 5.06. The number of carbonyl (C=O) groups is 3. The van der Waals surface area contributed by atoms with Gasteiger partial charge in [0.1, 0.15) is 8.07 Å². The van der Waals surface area contributed by atoms with Gasteiger partial charge in [0.25, 0.3) is 11.8 Å². The highest BCUT2D eigenvalue weighted by atomic mass is 32.1. The van der Waals surface area contributed by atoms with Crippen molar-refractivity contribution < 1.29 is 19.1 Å². The van der Waals surface area contributed by atoms with Crippen LogP contribution in [-0.2, 0) is 9.53 Å². The van der Waals surface area contributed by atoms with Crippen LogP contribution in [0, 0.1) is 25.7 Å². The zero-order chi connectivity index (χ0) is 37.4. The van der Waals surface area contributed by atoms with Crippen molar-refractivity contribution in [3.63, 3.8) is 0 Å². The van der Waals surface area contributed by atoms with Gasteiger partial charge in [-0.25, -0.2) is 4.79 Å². The number of carbonyl (C=O) groups excluding carboxylic acids is 3. The first kappa shape index (κ1) is 40.8. The van der Waals surface area contributed by atoms with Crippen molar-refractivity contribution >= 4 is 70.2 Å². The lowest BCUT2D eigenvalue weighted by Crippen LogP contribution is -2.56. The minimum absolute atomic E-state index is 0.107. The number of fused-ring (bicyclic) bond motifs is 4. The van der Waals surface area contributed by atoms with Crippen LogP contribution in [-0.4, -0.2) is 43.9 Å². The number of hydrogen-bond acceptors (Lipinski definition) is 7. The molecule has 5 nitrogen and oxygen atoms in total. The maximum Gasteiger partial charge on any atom is 0.330 e. The number of ether oxygens (including phenoxy) is 1. The third-order valence-corrected chi connectivity index (χ3v) is 21.0. The van der Waals surface area contributed by atoms with Gasteiger partial charge < -0.3 is 4.74 Å². The van der Waals surface area contributed by atoms with E-state index in [1.165, 1.54) is 93.9 Å². The van der Waals surface area contributed by atoms with Crippen LogP contribution in [0.15, 0.2) is 24.8 Å². The molecule has 5 heterocycles. The van der Waals surface area contributed by atoms with Crippen LogP contribution >= 0.6 is 34.0 Å². The molecule has 3 aromatic rings. The molecule has 2 atom stereocenters. The molecule has 0 bridgehead atoms. The number of nitrogens with zero attached hydrogens (tertiary/aromatic N) is 1. The van der Waals surface area contributed by atoms with Crippen molar-refractivity contribution in [1.29, 1.82) is 0 Å². The first-order valence-corrected chi connectivity index (χ1v) is 25.0. The molecule has 0 saturated heterocycles. The van der Waals surface area contributed by atoms with Crippen molar-refractivity contribution in [2.75, 3.05) is 13.2 Å². The molecule has 3 aromatic heterocycles. The van der Waals surface area contributed by atoms with Crippen molar-refractivity contribution in [2.24, 2.45) is 11.8 Å². The maximum atomic E-state index is 14.1. The molecule has 0 aliphatic carbocycles. The van der Waals surface area contributed by atoms with Gasteiger partial charge in [-0.15, -0.1) is 34.0 Å². The van der Waals surface area contributed by atoms with E-state index < -0.39 is 8.07 Å². The highest BCUT2D eigenvalue weighted by Gasteiger charge is 2.50. The normalized spacial score (nSPS) is 17.4. The maximum absolute atomic E-state index is 14.1. The van der Waals surface area contributed by atoms with E-state index in [-0.39, 0.29) is 17.8 Å². The topological polar surface area (TPSA) is 63.7 Å². The van der Waals surface area contributed by atoms with Crippen LogP contribution in [0.1, 0.15) is 148 Å². The molecular formula is C43H61NO4S3Si. The van der Waals surface area contributed by atoms with Gasteiger partial charge in [-0.2, -0.15) is 0 Å². The number of amides is 2. The molecule has 5 rings (SSSR count). The van der Waals surface area contributed by atoms with E-state index in [0.29, 0.717) is 24.3 Å². The fourth-order valence-corrected chi connectivity index (χ4v) is 20.2. The second-order valence-electron chi connectivity index (χ2n) is 15.3. The molecule has 0 saturated carbocycles. The summed E-state index contributed by atoms with van der Waals surface area (Å²) in [6, 6.07) is 7.76. The summed E-state index contributed by atoms with van der Waals surface area (Å²) in [6.07, 6.45) is 17.1. The van der Waals surface area contributed by atoms with Crippen LogP contribution in [0.2, 0.25) is 12.1 Å². The lowest BCUT2D eigenvalue weighted by molar-refractivity contribution is -0.137. The Hall–Kier alpha value is -2.33. The van der Waals surface area contributed by atoms with E-state index in [0.717, 1.165) is 60.1 Å². The average molecular weight is 780 g/mol. The fraction of sp³-hybridized carbons (Fsp3) is 0.605. The average Bonchev–Trinajstić information content (AvgIpc) is 3.93. The minimum Gasteiger partial charge on any atom is -0.463 e. The number of hydrogen-bond donors (Lipinski definition) is 0. The molecule has 0 fully saturated rings. The number of unbranched alkanes of at least 4 members (excludes halogenated alkanes) is 7. The molecule has 2 unspecified atom stereocenters. The largest absolute Gasteiger partial charge is 0.463 e. The predicted molar refractivity (Wildman–Crippen MR) is 226 cm³/mol. The Morgan fingerprint density at radius 1 is 0.769 bits per heavy atom. The summed E-state index contributed by atoms with van der Waals surface area (Å²) in [7, 11) is -2.10. The Balaban J connectivity index is 1.40. The predicted octanol–water partition coefficient (Wildman–Crippen LogP) is 11.8. The van der Waals surface area contributed by atoms with Crippen molar-refractivity contribution in [3.05, 3.63) is 45.7 Å². The Morgan fingerprint density at radius 2 is 1.35 bits per heavy atom.